The van der Waals surface area contributed by atoms with Crippen LogP contribution in [-0.2, 0) is 91.1 Å². The van der Waals surface area contributed by atoms with Gasteiger partial charge in [0.25, 0.3) is 11.8 Å². The monoisotopic (exact) mass is 1030 g/mol. The Bertz CT molecular complexity index is 1940. The Hall–Kier alpha value is -5.48. The van der Waals surface area contributed by atoms with Crippen LogP contribution in [0.5, 0.6) is 0 Å². The predicted molar refractivity (Wildman–Crippen MR) is 262 cm³/mol. The summed E-state index contributed by atoms with van der Waals surface area (Å²) in [6.45, 7) is 15.7. The van der Waals surface area contributed by atoms with Crippen LogP contribution in [0.2, 0.25) is 0 Å². The van der Waals surface area contributed by atoms with E-state index >= 15 is 0 Å². The molecule has 1 aliphatic heterocycles. The van der Waals surface area contributed by atoms with Crippen molar-refractivity contribution in [3.05, 3.63) is 60.3 Å². The second-order valence-electron chi connectivity index (χ2n) is 16.5. The summed E-state index contributed by atoms with van der Waals surface area (Å²) in [4.78, 5) is 75.8. The number of hydrogen-bond acceptors (Lipinski definition) is 18. The summed E-state index contributed by atoms with van der Waals surface area (Å²) in [6, 6.07) is 2.33. The first-order chi connectivity index (χ1) is 35.4. The molecule has 2 aromatic rings. The molecule has 0 aliphatic carbocycles. The van der Waals surface area contributed by atoms with E-state index < -0.39 is 47.7 Å². The number of nitrogens with zero attached hydrogens (tertiary/aromatic N) is 4. The zero-order valence-corrected chi connectivity index (χ0v) is 42.5. The molecule has 1 aromatic heterocycles. The second kappa shape index (κ2) is 38.1. The number of aromatic nitrogens is 3. The Labute approximate surface area is 427 Å². The summed E-state index contributed by atoms with van der Waals surface area (Å²) in [5.41, 5.74) is 7.60. The van der Waals surface area contributed by atoms with Gasteiger partial charge in [0.1, 0.15) is 17.8 Å². The van der Waals surface area contributed by atoms with E-state index in [1.807, 2.05) is 0 Å². The van der Waals surface area contributed by atoms with E-state index in [9.17, 15) is 28.8 Å². The second-order valence-corrected chi connectivity index (χ2v) is 16.5. The number of hydrogen-bond donors (Lipinski definition) is 5. The van der Waals surface area contributed by atoms with E-state index in [1.54, 1.807) is 50.0 Å². The molecule has 0 saturated heterocycles. The number of methoxy groups -OCH3 is 1. The average Bonchev–Trinajstić information content (AvgIpc) is 3.95. The van der Waals surface area contributed by atoms with E-state index in [4.69, 9.17) is 53.1 Å². The van der Waals surface area contributed by atoms with Crippen molar-refractivity contribution >= 4 is 41.3 Å². The van der Waals surface area contributed by atoms with Crippen molar-refractivity contribution in [2.45, 2.75) is 65.0 Å². The van der Waals surface area contributed by atoms with Gasteiger partial charge in [-0.25, -0.2) is 9.48 Å². The minimum Gasteiger partial charge on any atom is -0.382 e. The quantitative estimate of drug-likeness (QED) is 0.0440. The van der Waals surface area contributed by atoms with E-state index in [0.717, 1.165) is 4.90 Å². The number of carbonyl (C=O) groups excluding carboxylic acids is 6. The van der Waals surface area contributed by atoms with E-state index in [2.05, 4.69) is 38.5 Å². The van der Waals surface area contributed by atoms with Crippen LogP contribution in [0.1, 0.15) is 49.9 Å². The molecule has 0 bridgehead atoms. The largest absolute Gasteiger partial charge is 0.382 e. The zero-order chi connectivity index (χ0) is 52.9. The summed E-state index contributed by atoms with van der Waals surface area (Å²) in [5.74, 6) is -2.82. The third-order valence-electron chi connectivity index (χ3n) is 10.4. The maximum Gasteiger partial charge on any atom is 0.312 e. The van der Waals surface area contributed by atoms with Crippen molar-refractivity contribution in [3.63, 3.8) is 0 Å². The first-order valence-electron chi connectivity index (χ1n) is 24.4. The molecule has 73 heavy (non-hydrogen) atoms. The fourth-order valence-electron chi connectivity index (χ4n) is 6.47. The summed E-state index contributed by atoms with van der Waals surface area (Å²) in [7, 11) is 1.63. The number of imide groups is 1. The zero-order valence-electron chi connectivity index (χ0n) is 42.5. The first kappa shape index (κ1) is 61.8. The molecule has 6 N–H and O–H groups in total. The summed E-state index contributed by atoms with van der Waals surface area (Å²) in [6.07, 6.45) is 4.44. The SMILES string of the molecule is [CH2]c1ccc(NC(=O)[C@H](CCCNC(N)=O)NC(=O)[C@@H](NC(=O)CCOCCN2C(=O)C=CC2=O)C(C)C)cc1COCc1cn(CCOCCOCCOCCOCCOCCOCCOCCOC)nn1. The Balaban J connectivity index is 1.30. The molecule has 1 aromatic carbocycles. The number of urea groups is 1. The van der Waals surface area contributed by atoms with Crippen LogP contribution < -0.4 is 27.0 Å². The number of amides is 7. The van der Waals surface area contributed by atoms with Gasteiger partial charge in [0, 0.05) is 37.9 Å². The topological polar surface area (TPSA) is 303 Å². The Kier molecular flexibility index (Phi) is 32.3. The Morgan fingerprint density at radius 2 is 1.23 bits per heavy atom. The minimum absolute atomic E-state index is 0.0172. The molecule has 25 heteroatoms. The van der Waals surface area contributed by atoms with Crippen LogP contribution in [0.15, 0.2) is 36.5 Å². The number of rotatable bonds is 44. The number of primary amides is 1. The van der Waals surface area contributed by atoms with Crippen molar-refractivity contribution in [1.82, 2.24) is 35.8 Å². The molecule has 0 saturated carbocycles. The van der Waals surface area contributed by atoms with Gasteiger partial charge in [-0.15, -0.1) is 5.10 Å². The smallest absolute Gasteiger partial charge is 0.312 e. The fourth-order valence-corrected chi connectivity index (χ4v) is 6.47. The molecule has 1 radical (unpaired) electrons. The highest BCUT2D eigenvalue weighted by Gasteiger charge is 2.29. The number of carbonyl (C=O) groups is 6. The molecule has 0 unspecified atom stereocenters. The molecule has 0 spiro atoms. The molecule has 2 heterocycles. The van der Waals surface area contributed by atoms with Gasteiger partial charge >= 0.3 is 6.03 Å². The fraction of sp³-hybridized carbons (Fsp3) is 0.646. The normalized spacial score (nSPS) is 13.2. The Morgan fingerprint density at radius 1 is 0.685 bits per heavy atom. The summed E-state index contributed by atoms with van der Waals surface area (Å²) < 4.78 is 56.3. The van der Waals surface area contributed by atoms with Gasteiger partial charge in [-0.2, -0.15) is 0 Å². The van der Waals surface area contributed by atoms with Gasteiger partial charge < -0.3 is 74.4 Å². The molecule has 3 rings (SSSR count). The van der Waals surface area contributed by atoms with Crippen LogP contribution in [0.3, 0.4) is 0 Å². The molecule has 7 amide bonds. The number of anilines is 1. The van der Waals surface area contributed by atoms with Crippen LogP contribution in [-0.4, -0.2) is 200 Å². The lowest BCUT2D eigenvalue weighted by atomic mass is 10.0. The molecular weight excluding hydrogens is 959 g/mol. The predicted octanol–water partition coefficient (Wildman–Crippen LogP) is 0.284. The maximum absolute atomic E-state index is 13.7. The number of benzene rings is 1. The van der Waals surface area contributed by atoms with Crippen molar-refractivity contribution in [2.24, 2.45) is 11.7 Å². The highest BCUT2D eigenvalue weighted by molar-refractivity contribution is 6.12. The molecule has 0 fully saturated rings. The van der Waals surface area contributed by atoms with Crippen LogP contribution in [0.25, 0.3) is 0 Å². The van der Waals surface area contributed by atoms with Crippen molar-refractivity contribution < 1.29 is 76.1 Å². The molecular formula is C48H76N9O16. The standard InChI is InChI=1S/C48H76N9O16/c1-36(2)45(53-42(58)11-15-65-17-14-57-43(59)9-10-44(57)60)47(62)52-41(6-5-12-50-48(49)63)46(61)51-39-8-7-37(3)38(32-39)34-73-35-40-33-56(55-54-40)13-16-66-20-21-68-24-25-70-28-29-72-31-30-71-27-26-69-23-22-67-19-18-64-4/h7-10,32-33,36,41,45H,3,5-6,11-31,34-35H2,1-2,4H3,(H,51,61)(H,52,62)(H,53,58)(H3,49,50,63)/t41-,45-/m0/s1. The molecule has 25 nitrogen and oxygen atoms in total. The van der Waals surface area contributed by atoms with Crippen LogP contribution in [0.4, 0.5) is 10.5 Å². The molecule has 2 atom stereocenters. The van der Waals surface area contributed by atoms with Crippen LogP contribution >= 0.6 is 0 Å². The van der Waals surface area contributed by atoms with Crippen molar-refractivity contribution in [2.75, 3.05) is 138 Å². The van der Waals surface area contributed by atoms with E-state index in [-0.39, 0.29) is 58.3 Å². The van der Waals surface area contributed by atoms with Gasteiger partial charge in [-0.05, 0) is 48.9 Å². The van der Waals surface area contributed by atoms with Gasteiger partial charge in [-0.3, -0.25) is 28.9 Å². The third-order valence-corrected chi connectivity index (χ3v) is 10.4. The maximum atomic E-state index is 13.7. The van der Waals surface area contributed by atoms with Gasteiger partial charge in [0.15, 0.2) is 0 Å². The van der Waals surface area contributed by atoms with Crippen LogP contribution in [0, 0.1) is 12.8 Å². The Morgan fingerprint density at radius 3 is 1.79 bits per heavy atom. The molecule has 409 valence electrons. The first-order valence-corrected chi connectivity index (χ1v) is 24.4. The lowest BCUT2D eigenvalue weighted by Gasteiger charge is -2.25. The van der Waals surface area contributed by atoms with Crippen molar-refractivity contribution in [3.8, 4) is 0 Å². The average molecular weight is 1040 g/mol. The lowest BCUT2D eigenvalue weighted by Crippen LogP contribution is -2.54. The number of nitrogens with one attached hydrogen (secondary N) is 4. The highest BCUT2D eigenvalue weighted by atomic mass is 16.6. The van der Waals surface area contributed by atoms with Gasteiger partial charge in [-0.1, -0.05) is 25.1 Å². The van der Waals surface area contributed by atoms with Crippen molar-refractivity contribution in [1.29, 1.82) is 0 Å². The number of nitrogens with two attached hydrogens (primary N) is 1. The summed E-state index contributed by atoms with van der Waals surface area (Å²) in [5, 5.41) is 19.1. The summed E-state index contributed by atoms with van der Waals surface area (Å²) >= 11 is 0. The minimum atomic E-state index is -1.06. The van der Waals surface area contributed by atoms with E-state index in [1.165, 1.54) is 12.2 Å². The van der Waals surface area contributed by atoms with Gasteiger partial charge in [0.05, 0.1) is 145 Å². The highest BCUT2D eigenvalue weighted by Crippen LogP contribution is 2.18. The van der Waals surface area contributed by atoms with Gasteiger partial charge in [0.2, 0.25) is 17.7 Å². The van der Waals surface area contributed by atoms with E-state index in [0.29, 0.717) is 135 Å². The molecule has 1 aliphatic rings. The number of ether oxygens (including phenoxy) is 10. The third kappa shape index (κ3) is 28.0. The lowest BCUT2D eigenvalue weighted by molar-refractivity contribution is -0.138.